The molecule has 0 radical (unpaired) electrons. The maximum Gasteiger partial charge on any atom is 0.231 e. The summed E-state index contributed by atoms with van der Waals surface area (Å²) in [6.45, 7) is 0.546. The van der Waals surface area contributed by atoms with Crippen molar-refractivity contribution in [3.8, 4) is 0 Å². The Morgan fingerprint density at radius 3 is 2.76 bits per heavy atom. The lowest BCUT2D eigenvalue weighted by Crippen LogP contribution is -2.25. The van der Waals surface area contributed by atoms with Crippen molar-refractivity contribution < 1.29 is 14.0 Å². The van der Waals surface area contributed by atoms with E-state index in [1.165, 1.54) is 12.1 Å². The van der Waals surface area contributed by atoms with Crippen LogP contribution in [0.5, 0.6) is 0 Å². The van der Waals surface area contributed by atoms with Gasteiger partial charge in [-0.05, 0) is 47.7 Å². The van der Waals surface area contributed by atoms with E-state index in [4.69, 9.17) is 0 Å². The molecule has 3 rings (SSSR count). The molecule has 4 nitrogen and oxygen atoms in total. The fourth-order valence-corrected chi connectivity index (χ4v) is 3.06. The molecule has 0 unspecified atom stereocenters. The average Bonchev–Trinajstić information content (AvgIpc) is 2.87. The molecule has 1 aliphatic rings. The second-order valence-corrected chi connectivity index (χ2v) is 6.32. The van der Waals surface area contributed by atoms with Crippen molar-refractivity contribution in [2.75, 3.05) is 18.5 Å². The summed E-state index contributed by atoms with van der Waals surface area (Å²) in [7, 11) is 1.78. The van der Waals surface area contributed by atoms with Gasteiger partial charge in [0.05, 0.1) is 6.42 Å². The number of amides is 2. The Labute approximate surface area is 146 Å². The topological polar surface area (TPSA) is 49.4 Å². The lowest BCUT2D eigenvalue weighted by atomic mass is 10.1. The maximum absolute atomic E-state index is 13.1. The zero-order chi connectivity index (χ0) is 17.8. The third-order valence-electron chi connectivity index (χ3n) is 4.49. The van der Waals surface area contributed by atoms with Crippen molar-refractivity contribution in [2.24, 2.45) is 0 Å². The second kappa shape index (κ2) is 7.47. The van der Waals surface area contributed by atoms with E-state index in [2.05, 4.69) is 5.32 Å². The van der Waals surface area contributed by atoms with Crippen LogP contribution in [0.3, 0.4) is 0 Å². The third kappa shape index (κ3) is 4.24. The quantitative estimate of drug-likeness (QED) is 0.879. The number of nitrogens with zero attached hydrogens (tertiary/aromatic N) is 1. The van der Waals surface area contributed by atoms with Crippen molar-refractivity contribution in [3.63, 3.8) is 0 Å². The van der Waals surface area contributed by atoms with Gasteiger partial charge < -0.3 is 10.2 Å². The van der Waals surface area contributed by atoms with Gasteiger partial charge in [0.1, 0.15) is 5.82 Å². The molecule has 0 aromatic heterocycles. The van der Waals surface area contributed by atoms with Gasteiger partial charge in [-0.2, -0.15) is 0 Å². The highest BCUT2D eigenvalue weighted by Crippen LogP contribution is 2.28. The summed E-state index contributed by atoms with van der Waals surface area (Å²) in [6, 6.07) is 12.3. The summed E-state index contributed by atoms with van der Waals surface area (Å²) in [5.41, 5.74) is 3.94. The molecule has 0 saturated heterocycles. The van der Waals surface area contributed by atoms with Crippen LogP contribution in [-0.4, -0.2) is 25.4 Å². The lowest BCUT2D eigenvalue weighted by molar-refractivity contribution is -0.121. The number of aryl methyl sites for hydroxylation is 1. The number of fused-ring (bicyclic) bond motifs is 1. The third-order valence-corrected chi connectivity index (χ3v) is 4.49. The summed E-state index contributed by atoms with van der Waals surface area (Å²) < 4.78 is 13.1. The SMILES string of the molecule is CN1C(=O)Cc2cc(CCNC(=O)CCc3cccc(F)c3)ccc21. The molecular formula is C20H21FN2O2. The molecule has 0 bridgehead atoms. The summed E-state index contributed by atoms with van der Waals surface area (Å²) in [6.07, 6.45) is 2.03. The molecule has 0 atom stereocenters. The van der Waals surface area contributed by atoms with Gasteiger partial charge in [-0.3, -0.25) is 9.59 Å². The van der Waals surface area contributed by atoms with Gasteiger partial charge in [0.15, 0.2) is 0 Å². The van der Waals surface area contributed by atoms with Crippen LogP contribution in [0.15, 0.2) is 42.5 Å². The number of halogens is 1. The summed E-state index contributed by atoms with van der Waals surface area (Å²) in [4.78, 5) is 25.3. The number of hydrogen-bond acceptors (Lipinski definition) is 2. The standard InChI is InChI=1S/C20H21FN2O2/c1-23-18-7-5-15(11-16(18)13-20(23)25)9-10-22-19(24)8-6-14-3-2-4-17(21)12-14/h2-5,7,11-12H,6,8-10,13H2,1H3,(H,22,24). The van der Waals surface area contributed by atoms with Gasteiger partial charge in [-0.25, -0.2) is 4.39 Å². The molecule has 1 heterocycles. The van der Waals surface area contributed by atoms with Gasteiger partial charge in [0.25, 0.3) is 0 Å². The minimum Gasteiger partial charge on any atom is -0.356 e. The molecule has 0 aliphatic carbocycles. The molecular weight excluding hydrogens is 319 g/mol. The van der Waals surface area contributed by atoms with Crippen molar-refractivity contribution in [2.45, 2.75) is 25.7 Å². The Hall–Kier alpha value is -2.69. The molecule has 1 N–H and O–H groups in total. The normalized spacial score (nSPS) is 13.0. The first-order valence-corrected chi connectivity index (χ1v) is 8.42. The molecule has 25 heavy (non-hydrogen) atoms. The fourth-order valence-electron chi connectivity index (χ4n) is 3.06. The van der Waals surface area contributed by atoms with E-state index >= 15 is 0 Å². The smallest absolute Gasteiger partial charge is 0.231 e. The molecule has 2 aromatic rings. The monoisotopic (exact) mass is 340 g/mol. The van der Waals surface area contributed by atoms with Crippen molar-refractivity contribution >= 4 is 17.5 Å². The van der Waals surface area contributed by atoms with Crippen LogP contribution in [0.25, 0.3) is 0 Å². The zero-order valence-electron chi connectivity index (χ0n) is 14.2. The average molecular weight is 340 g/mol. The van der Waals surface area contributed by atoms with Crippen LogP contribution in [0.4, 0.5) is 10.1 Å². The highest BCUT2D eigenvalue weighted by atomic mass is 19.1. The van der Waals surface area contributed by atoms with Crippen LogP contribution in [0, 0.1) is 5.82 Å². The summed E-state index contributed by atoms with van der Waals surface area (Å²) >= 11 is 0. The maximum atomic E-state index is 13.1. The molecule has 130 valence electrons. The number of benzene rings is 2. The number of carbonyl (C=O) groups is 2. The van der Waals surface area contributed by atoms with Gasteiger partial charge in [0, 0.05) is 25.7 Å². The Morgan fingerprint density at radius 2 is 1.96 bits per heavy atom. The fraction of sp³-hybridized carbons (Fsp3) is 0.300. The van der Waals surface area contributed by atoms with E-state index in [0.717, 1.165) is 28.8 Å². The Kier molecular flexibility index (Phi) is 5.12. The van der Waals surface area contributed by atoms with Crippen LogP contribution in [0.1, 0.15) is 23.1 Å². The zero-order valence-corrected chi connectivity index (χ0v) is 14.2. The summed E-state index contributed by atoms with van der Waals surface area (Å²) in [5.74, 6) is -0.211. The Morgan fingerprint density at radius 1 is 1.16 bits per heavy atom. The van der Waals surface area contributed by atoms with Crippen LogP contribution in [0.2, 0.25) is 0 Å². The van der Waals surface area contributed by atoms with Gasteiger partial charge in [-0.1, -0.05) is 24.3 Å². The van der Waals surface area contributed by atoms with Crippen molar-refractivity contribution in [1.29, 1.82) is 0 Å². The number of carbonyl (C=O) groups excluding carboxylic acids is 2. The van der Waals surface area contributed by atoms with E-state index in [0.29, 0.717) is 25.8 Å². The molecule has 0 saturated carbocycles. The highest BCUT2D eigenvalue weighted by Gasteiger charge is 2.23. The molecule has 0 fully saturated rings. The predicted octanol–water partition coefficient (Wildman–Crippen LogP) is 2.64. The van der Waals surface area contributed by atoms with Crippen LogP contribution in [-0.2, 0) is 28.9 Å². The number of anilines is 1. The van der Waals surface area contributed by atoms with Crippen LogP contribution < -0.4 is 10.2 Å². The largest absolute Gasteiger partial charge is 0.356 e. The molecule has 5 heteroatoms. The highest BCUT2D eigenvalue weighted by molar-refractivity contribution is 6.00. The van der Waals surface area contributed by atoms with Gasteiger partial charge in [-0.15, -0.1) is 0 Å². The first kappa shape index (κ1) is 17.1. The first-order valence-electron chi connectivity index (χ1n) is 8.42. The minimum atomic E-state index is -0.279. The number of nitrogens with one attached hydrogen (secondary N) is 1. The van der Waals surface area contributed by atoms with Gasteiger partial charge in [0.2, 0.25) is 11.8 Å². The molecule has 2 amide bonds. The predicted molar refractivity (Wildman–Crippen MR) is 95.0 cm³/mol. The van der Waals surface area contributed by atoms with E-state index < -0.39 is 0 Å². The number of likely N-dealkylation sites (N-methyl/N-ethyl adjacent to an activating group) is 1. The first-order chi connectivity index (χ1) is 12.0. The van der Waals surface area contributed by atoms with E-state index in [9.17, 15) is 14.0 Å². The second-order valence-electron chi connectivity index (χ2n) is 6.32. The molecule has 2 aromatic carbocycles. The van der Waals surface area contributed by atoms with Crippen molar-refractivity contribution in [3.05, 3.63) is 65.0 Å². The van der Waals surface area contributed by atoms with E-state index in [1.54, 1.807) is 18.0 Å². The molecule has 0 spiro atoms. The Bertz CT molecular complexity index is 804. The lowest BCUT2D eigenvalue weighted by Gasteiger charge is -2.11. The van der Waals surface area contributed by atoms with Crippen LogP contribution >= 0.6 is 0 Å². The Balaban J connectivity index is 1.44. The minimum absolute atomic E-state index is 0.0414. The van der Waals surface area contributed by atoms with Gasteiger partial charge >= 0.3 is 0 Å². The number of rotatable bonds is 6. The summed E-state index contributed by atoms with van der Waals surface area (Å²) in [5, 5.41) is 2.89. The molecule has 1 aliphatic heterocycles. The van der Waals surface area contributed by atoms with E-state index in [1.807, 2.05) is 24.3 Å². The van der Waals surface area contributed by atoms with E-state index in [-0.39, 0.29) is 17.6 Å². The van der Waals surface area contributed by atoms with Crippen molar-refractivity contribution in [1.82, 2.24) is 5.32 Å². The number of hydrogen-bond donors (Lipinski definition) is 1.